The molecule has 0 bridgehead atoms. The Kier molecular flexibility index (Phi) is 3.39. The number of nitrogens with one attached hydrogen (secondary N) is 1. The van der Waals surface area contributed by atoms with E-state index in [1.54, 1.807) is 19.1 Å². The molecular weight excluding hydrogens is 255 g/mol. The van der Waals surface area contributed by atoms with Crippen molar-refractivity contribution >= 4 is 0 Å². The maximum absolute atomic E-state index is 13.5. The highest BCUT2D eigenvalue weighted by Crippen LogP contribution is 2.35. The van der Waals surface area contributed by atoms with Crippen molar-refractivity contribution in [2.24, 2.45) is 0 Å². The van der Waals surface area contributed by atoms with Gasteiger partial charge in [-0.2, -0.15) is 5.26 Å². The van der Waals surface area contributed by atoms with Gasteiger partial charge in [-0.25, -0.2) is 4.39 Å². The Morgan fingerprint density at radius 2 is 2.20 bits per heavy atom. The Morgan fingerprint density at radius 3 is 2.85 bits per heavy atom. The Bertz CT molecular complexity index is 550. The molecule has 2 fully saturated rings. The quantitative estimate of drug-likeness (QED) is 0.917. The molecular formula is C16H19FN2O. The minimum Gasteiger partial charge on any atom is -0.490 e. The van der Waals surface area contributed by atoms with Gasteiger partial charge in [0.15, 0.2) is 0 Å². The number of hydrogen-bond donors (Lipinski definition) is 1. The fraction of sp³-hybridized carbons (Fsp3) is 0.562. The molecule has 0 aromatic heterocycles. The van der Waals surface area contributed by atoms with E-state index >= 15 is 0 Å². The number of benzene rings is 1. The van der Waals surface area contributed by atoms with E-state index in [1.165, 1.54) is 6.07 Å². The van der Waals surface area contributed by atoms with Crippen LogP contribution in [0, 0.1) is 24.1 Å². The van der Waals surface area contributed by atoms with Crippen molar-refractivity contribution in [3.05, 3.63) is 29.6 Å². The van der Waals surface area contributed by atoms with Crippen molar-refractivity contribution in [1.29, 1.82) is 5.26 Å². The topological polar surface area (TPSA) is 45.0 Å². The first-order valence-electron chi connectivity index (χ1n) is 7.22. The van der Waals surface area contributed by atoms with Crippen LogP contribution in [0.2, 0.25) is 0 Å². The molecule has 2 saturated carbocycles. The van der Waals surface area contributed by atoms with Gasteiger partial charge in [0.2, 0.25) is 0 Å². The molecule has 2 unspecified atom stereocenters. The Labute approximate surface area is 118 Å². The van der Waals surface area contributed by atoms with Crippen molar-refractivity contribution in [2.45, 2.75) is 56.7 Å². The molecule has 0 heterocycles. The maximum Gasteiger partial charge on any atom is 0.129 e. The number of ether oxygens (including phenoxy) is 1. The summed E-state index contributed by atoms with van der Waals surface area (Å²) in [5.41, 5.74) is 0.167. The molecule has 0 spiro atoms. The summed E-state index contributed by atoms with van der Waals surface area (Å²) < 4.78 is 19.3. The minimum absolute atomic E-state index is 0.0111. The Morgan fingerprint density at radius 1 is 1.40 bits per heavy atom. The number of nitriles is 1. The zero-order valence-corrected chi connectivity index (χ0v) is 11.7. The predicted molar refractivity (Wildman–Crippen MR) is 73.9 cm³/mol. The van der Waals surface area contributed by atoms with Crippen LogP contribution in [0.15, 0.2) is 18.2 Å². The molecule has 2 aliphatic carbocycles. The van der Waals surface area contributed by atoms with Crippen molar-refractivity contribution in [1.82, 2.24) is 5.32 Å². The van der Waals surface area contributed by atoms with Crippen molar-refractivity contribution in [2.75, 3.05) is 0 Å². The summed E-state index contributed by atoms with van der Waals surface area (Å²) in [6.45, 7) is 1.73. The molecule has 0 aliphatic heterocycles. The lowest BCUT2D eigenvalue weighted by Gasteiger charge is -2.22. The largest absolute Gasteiger partial charge is 0.490 e. The molecule has 1 N–H and O–H groups in total. The number of hydrogen-bond acceptors (Lipinski definition) is 3. The van der Waals surface area contributed by atoms with Gasteiger partial charge in [-0.3, -0.25) is 5.32 Å². The third-order valence-corrected chi connectivity index (χ3v) is 4.19. The lowest BCUT2D eigenvalue weighted by molar-refractivity contribution is 0.200. The second-order valence-corrected chi connectivity index (χ2v) is 6.01. The monoisotopic (exact) mass is 274 g/mol. The van der Waals surface area contributed by atoms with Gasteiger partial charge >= 0.3 is 0 Å². The molecule has 1 aromatic rings. The van der Waals surface area contributed by atoms with E-state index in [4.69, 9.17) is 4.74 Å². The Balaban J connectivity index is 1.64. The number of nitrogens with zero attached hydrogens (tertiary/aromatic N) is 1. The van der Waals surface area contributed by atoms with Gasteiger partial charge in [0.25, 0.3) is 0 Å². The minimum atomic E-state index is -0.449. The standard InChI is InChI=1S/C16H19FN2O/c1-11-2-5-13(8-15(11)17)20-14-6-7-16(9-14,10-18)19-12-3-4-12/h2,5,8,12,14,19H,3-4,6-7,9H2,1H3. The molecule has 3 rings (SSSR count). The third kappa shape index (κ3) is 2.78. The molecule has 1 aromatic carbocycles. The zero-order chi connectivity index (χ0) is 14.2. The van der Waals surface area contributed by atoms with Crippen molar-refractivity contribution in [3.63, 3.8) is 0 Å². The molecule has 0 radical (unpaired) electrons. The zero-order valence-electron chi connectivity index (χ0n) is 11.7. The summed E-state index contributed by atoms with van der Waals surface area (Å²) in [6.07, 6.45) is 4.64. The van der Waals surface area contributed by atoms with Gasteiger partial charge in [-0.05, 0) is 44.2 Å². The van der Waals surface area contributed by atoms with Gasteiger partial charge in [0.05, 0.1) is 6.07 Å². The summed E-state index contributed by atoms with van der Waals surface area (Å²) in [5.74, 6) is 0.307. The second kappa shape index (κ2) is 5.06. The van der Waals surface area contributed by atoms with E-state index in [0.717, 1.165) is 25.7 Å². The summed E-state index contributed by atoms with van der Waals surface area (Å²) in [6, 6.07) is 7.86. The summed E-state index contributed by atoms with van der Waals surface area (Å²) in [5, 5.41) is 12.9. The van der Waals surface area contributed by atoms with Crippen LogP contribution in [0.4, 0.5) is 4.39 Å². The van der Waals surface area contributed by atoms with E-state index in [2.05, 4.69) is 11.4 Å². The van der Waals surface area contributed by atoms with E-state index in [0.29, 0.717) is 23.8 Å². The lowest BCUT2D eigenvalue weighted by Crippen LogP contribution is -2.43. The molecule has 2 aliphatic rings. The molecule has 3 nitrogen and oxygen atoms in total. The van der Waals surface area contributed by atoms with E-state index in [-0.39, 0.29) is 11.9 Å². The van der Waals surface area contributed by atoms with Crippen LogP contribution in [-0.4, -0.2) is 17.7 Å². The van der Waals surface area contributed by atoms with Crippen molar-refractivity contribution in [3.8, 4) is 11.8 Å². The second-order valence-electron chi connectivity index (χ2n) is 6.01. The SMILES string of the molecule is Cc1ccc(OC2CCC(C#N)(NC3CC3)C2)cc1F. The highest BCUT2D eigenvalue weighted by atomic mass is 19.1. The third-order valence-electron chi connectivity index (χ3n) is 4.19. The first kappa shape index (κ1) is 13.4. The first-order valence-corrected chi connectivity index (χ1v) is 7.22. The van der Waals surface area contributed by atoms with E-state index in [9.17, 15) is 9.65 Å². The van der Waals surface area contributed by atoms with Gasteiger partial charge in [0, 0.05) is 18.5 Å². The van der Waals surface area contributed by atoms with E-state index in [1.807, 2.05) is 0 Å². The van der Waals surface area contributed by atoms with Gasteiger partial charge in [-0.15, -0.1) is 0 Å². The summed E-state index contributed by atoms with van der Waals surface area (Å²) in [7, 11) is 0. The van der Waals surface area contributed by atoms with Gasteiger partial charge in [-0.1, -0.05) is 6.07 Å². The highest BCUT2D eigenvalue weighted by Gasteiger charge is 2.43. The molecule has 2 atom stereocenters. The van der Waals surface area contributed by atoms with Crippen LogP contribution in [-0.2, 0) is 0 Å². The van der Waals surface area contributed by atoms with Gasteiger partial charge in [0.1, 0.15) is 23.2 Å². The summed E-state index contributed by atoms with van der Waals surface area (Å²) >= 11 is 0. The van der Waals surface area contributed by atoms with E-state index < -0.39 is 5.54 Å². The van der Waals surface area contributed by atoms with Gasteiger partial charge < -0.3 is 4.74 Å². The molecule has 106 valence electrons. The van der Waals surface area contributed by atoms with Crippen LogP contribution < -0.4 is 10.1 Å². The average molecular weight is 274 g/mol. The lowest BCUT2D eigenvalue weighted by atomic mass is 9.99. The maximum atomic E-state index is 13.5. The fourth-order valence-corrected chi connectivity index (χ4v) is 2.82. The normalized spacial score (nSPS) is 29.1. The van der Waals surface area contributed by atoms with Crippen LogP contribution in [0.3, 0.4) is 0 Å². The summed E-state index contributed by atoms with van der Waals surface area (Å²) in [4.78, 5) is 0. The molecule has 4 heteroatoms. The van der Waals surface area contributed by atoms with Crippen LogP contribution in [0.1, 0.15) is 37.7 Å². The molecule has 0 amide bonds. The predicted octanol–water partition coefficient (Wildman–Crippen LogP) is 3.08. The number of rotatable bonds is 4. The smallest absolute Gasteiger partial charge is 0.129 e. The average Bonchev–Trinajstić information content (AvgIpc) is 3.15. The fourth-order valence-electron chi connectivity index (χ4n) is 2.82. The van der Waals surface area contributed by atoms with Crippen molar-refractivity contribution < 1.29 is 9.13 Å². The molecule has 20 heavy (non-hydrogen) atoms. The number of halogens is 1. The highest BCUT2D eigenvalue weighted by molar-refractivity contribution is 5.28. The van der Waals surface area contributed by atoms with Crippen LogP contribution >= 0.6 is 0 Å². The first-order chi connectivity index (χ1) is 9.60. The van der Waals surface area contributed by atoms with Crippen LogP contribution in [0.5, 0.6) is 5.75 Å². The van der Waals surface area contributed by atoms with Crippen LogP contribution in [0.25, 0.3) is 0 Å². The molecule has 0 saturated heterocycles. The Hall–Kier alpha value is -1.60. The number of aryl methyl sites for hydroxylation is 1.